The summed E-state index contributed by atoms with van der Waals surface area (Å²) in [7, 11) is 0. The number of alkyl halides is 1. The Morgan fingerprint density at radius 3 is 2.55 bits per heavy atom. The molecule has 2 aromatic rings. The number of aryl methyl sites for hydroxylation is 2. The zero-order valence-electron chi connectivity index (χ0n) is 12.5. The van der Waals surface area contributed by atoms with E-state index < -0.39 is 0 Å². The molecule has 5 heteroatoms. The normalized spacial score (nSPS) is 12.2. The predicted molar refractivity (Wildman–Crippen MR) is 90.2 cm³/mol. The molecule has 0 aliphatic rings. The molecule has 3 nitrogen and oxygen atoms in total. The Bertz CT molecular complexity index is 662. The Kier molecular flexibility index (Phi) is 4.69. The minimum atomic E-state index is 0.101. The molecule has 0 atom stereocenters. The van der Waals surface area contributed by atoms with Gasteiger partial charge >= 0.3 is 0 Å². The summed E-state index contributed by atoms with van der Waals surface area (Å²) in [4.78, 5) is 19.2. The Morgan fingerprint density at radius 2 is 2.00 bits per heavy atom. The molecule has 0 aromatic carbocycles. The van der Waals surface area contributed by atoms with Crippen LogP contribution in [-0.2, 0) is 6.54 Å². The summed E-state index contributed by atoms with van der Waals surface area (Å²) in [6.07, 6.45) is 3.80. The zero-order chi connectivity index (χ0) is 14.9. The standard InChI is InChI=1S/C15H21BrN2OS/c1-5-15(6-2,7-16)8-18-9-17-13-12(14(18)19)10(3)11(4)20-13/h9H,5-8H2,1-4H3. The lowest BCUT2D eigenvalue weighted by Crippen LogP contribution is -2.33. The predicted octanol–water partition coefficient (Wildman–Crippen LogP) is 4.28. The SMILES string of the molecule is CCC(CC)(CBr)Cn1cnc2sc(C)c(C)c2c1=O. The lowest BCUT2D eigenvalue weighted by molar-refractivity contribution is 0.256. The van der Waals surface area contributed by atoms with Crippen LogP contribution in [0.3, 0.4) is 0 Å². The Balaban J connectivity index is 2.54. The highest BCUT2D eigenvalue weighted by Gasteiger charge is 2.26. The highest BCUT2D eigenvalue weighted by molar-refractivity contribution is 9.09. The fraction of sp³-hybridized carbons (Fsp3) is 0.600. The van der Waals surface area contributed by atoms with Gasteiger partial charge in [-0.2, -0.15) is 0 Å². The third kappa shape index (κ3) is 2.58. The number of thiophene rings is 1. The second-order valence-electron chi connectivity index (χ2n) is 5.48. The molecule has 20 heavy (non-hydrogen) atoms. The van der Waals surface area contributed by atoms with Gasteiger partial charge in [0.2, 0.25) is 0 Å². The topological polar surface area (TPSA) is 34.9 Å². The Labute approximate surface area is 132 Å². The molecule has 0 N–H and O–H groups in total. The highest BCUT2D eigenvalue weighted by Crippen LogP contribution is 2.31. The minimum Gasteiger partial charge on any atom is -0.298 e. The van der Waals surface area contributed by atoms with E-state index in [9.17, 15) is 4.79 Å². The molecule has 0 fully saturated rings. The number of hydrogen-bond acceptors (Lipinski definition) is 3. The van der Waals surface area contributed by atoms with Gasteiger partial charge in [-0.05, 0) is 37.7 Å². The molecule has 0 saturated heterocycles. The summed E-state index contributed by atoms with van der Waals surface area (Å²) in [6.45, 7) is 9.15. The van der Waals surface area contributed by atoms with E-state index in [-0.39, 0.29) is 11.0 Å². The first-order valence-corrected chi connectivity index (χ1v) is 8.93. The number of halogens is 1. The second-order valence-corrected chi connectivity index (χ2v) is 7.25. The average molecular weight is 357 g/mol. The number of rotatable bonds is 5. The summed E-state index contributed by atoms with van der Waals surface area (Å²) in [5, 5.41) is 1.70. The zero-order valence-corrected chi connectivity index (χ0v) is 14.9. The van der Waals surface area contributed by atoms with Crippen molar-refractivity contribution in [2.75, 3.05) is 5.33 Å². The quantitative estimate of drug-likeness (QED) is 0.749. The first-order valence-electron chi connectivity index (χ1n) is 6.99. The van der Waals surface area contributed by atoms with Crippen molar-refractivity contribution >= 4 is 37.5 Å². The van der Waals surface area contributed by atoms with Crippen LogP contribution in [0.5, 0.6) is 0 Å². The van der Waals surface area contributed by atoms with Crippen molar-refractivity contribution in [3.8, 4) is 0 Å². The van der Waals surface area contributed by atoms with Crippen molar-refractivity contribution < 1.29 is 0 Å². The van der Waals surface area contributed by atoms with Crippen LogP contribution in [-0.4, -0.2) is 14.9 Å². The number of aromatic nitrogens is 2. The van der Waals surface area contributed by atoms with Crippen LogP contribution < -0.4 is 5.56 Å². The molecule has 2 heterocycles. The first-order chi connectivity index (χ1) is 9.48. The van der Waals surface area contributed by atoms with E-state index in [0.717, 1.165) is 40.5 Å². The molecule has 110 valence electrons. The van der Waals surface area contributed by atoms with Crippen molar-refractivity contribution in [3.05, 3.63) is 27.1 Å². The largest absolute Gasteiger partial charge is 0.298 e. The van der Waals surface area contributed by atoms with E-state index in [2.05, 4.69) is 34.8 Å². The van der Waals surface area contributed by atoms with Crippen molar-refractivity contribution in [3.63, 3.8) is 0 Å². The van der Waals surface area contributed by atoms with Gasteiger partial charge in [-0.25, -0.2) is 4.98 Å². The van der Waals surface area contributed by atoms with Gasteiger partial charge in [0.1, 0.15) is 4.83 Å². The molecule has 0 amide bonds. The molecule has 2 aromatic heterocycles. The maximum Gasteiger partial charge on any atom is 0.262 e. The third-order valence-corrected chi connectivity index (χ3v) is 6.75. The van der Waals surface area contributed by atoms with E-state index in [4.69, 9.17) is 0 Å². The number of nitrogens with zero attached hydrogens (tertiary/aromatic N) is 2. The van der Waals surface area contributed by atoms with Gasteiger partial charge in [-0.15, -0.1) is 11.3 Å². The smallest absolute Gasteiger partial charge is 0.262 e. The molecule has 2 rings (SSSR count). The maximum atomic E-state index is 12.7. The van der Waals surface area contributed by atoms with E-state index in [1.165, 1.54) is 4.88 Å². The van der Waals surface area contributed by atoms with E-state index >= 15 is 0 Å². The average Bonchev–Trinajstić information content (AvgIpc) is 2.75. The lowest BCUT2D eigenvalue weighted by atomic mass is 9.84. The van der Waals surface area contributed by atoms with Crippen LogP contribution in [0.1, 0.15) is 37.1 Å². The van der Waals surface area contributed by atoms with Gasteiger partial charge in [0, 0.05) is 16.8 Å². The van der Waals surface area contributed by atoms with Crippen molar-refractivity contribution in [1.29, 1.82) is 0 Å². The molecular formula is C15H21BrN2OS. The monoisotopic (exact) mass is 356 g/mol. The Hall–Kier alpha value is -0.680. The van der Waals surface area contributed by atoms with E-state index in [1.807, 2.05) is 13.8 Å². The van der Waals surface area contributed by atoms with Gasteiger partial charge in [-0.3, -0.25) is 9.36 Å². The second kappa shape index (κ2) is 5.98. The van der Waals surface area contributed by atoms with Crippen LogP contribution in [0.15, 0.2) is 11.1 Å². The van der Waals surface area contributed by atoms with E-state index in [0.29, 0.717) is 0 Å². The first kappa shape index (κ1) is 15.7. The summed E-state index contributed by atoms with van der Waals surface area (Å²) in [5.41, 5.74) is 1.30. The molecule has 0 unspecified atom stereocenters. The van der Waals surface area contributed by atoms with Gasteiger partial charge in [0.25, 0.3) is 5.56 Å². The van der Waals surface area contributed by atoms with Crippen molar-refractivity contribution in [2.45, 2.75) is 47.1 Å². The number of hydrogen-bond donors (Lipinski definition) is 0. The van der Waals surface area contributed by atoms with Crippen molar-refractivity contribution in [2.24, 2.45) is 5.41 Å². The minimum absolute atomic E-state index is 0.101. The summed E-state index contributed by atoms with van der Waals surface area (Å²) < 4.78 is 1.79. The highest BCUT2D eigenvalue weighted by atomic mass is 79.9. The van der Waals surface area contributed by atoms with Crippen LogP contribution in [0.2, 0.25) is 0 Å². The molecule has 0 aliphatic carbocycles. The summed E-state index contributed by atoms with van der Waals surface area (Å²) >= 11 is 5.21. The summed E-state index contributed by atoms with van der Waals surface area (Å²) in [5.74, 6) is 0. The maximum absolute atomic E-state index is 12.7. The van der Waals surface area contributed by atoms with Crippen LogP contribution >= 0.6 is 27.3 Å². The van der Waals surface area contributed by atoms with Gasteiger partial charge in [0.05, 0.1) is 11.7 Å². The van der Waals surface area contributed by atoms with E-state index in [1.54, 1.807) is 22.2 Å². The van der Waals surface area contributed by atoms with Gasteiger partial charge in [-0.1, -0.05) is 29.8 Å². The molecule has 0 saturated carbocycles. The molecular weight excluding hydrogens is 336 g/mol. The molecule has 0 aliphatic heterocycles. The summed E-state index contributed by atoms with van der Waals surface area (Å²) in [6, 6.07) is 0. The number of fused-ring (bicyclic) bond motifs is 1. The molecule has 0 radical (unpaired) electrons. The molecule has 0 spiro atoms. The van der Waals surface area contributed by atoms with Gasteiger partial charge in [0.15, 0.2) is 0 Å². The van der Waals surface area contributed by atoms with Crippen molar-refractivity contribution in [1.82, 2.24) is 9.55 Å². The lowest BCUT2D eigenvalue weighted by Gasteiger charge is -2.30. The molecule has 0 bridgehead atoms. The fourth-order valence-corrected chi connectivity index (χ4v) is 4.41. The van der Waals surface area contributed by atoms with Crippen LogP contribution in [0, 0.1) is 19.3 Å². The van der Waals surface area contributed by atoms with Crippen LogP contribution in [0.4, 0.5) is 0 Å². The Morgan fingerprint density at radius 1 is 1.35 bits per heavy atom. The fourth-order valence-electron chi connectivity index (χ4n) is 2.45. The third-order valence-electron chi connectivity index (χ3n) is 4.45. The van der Waals surface area contributed by atoms with Crippen LogP contribution in [0.25, 0.3) is 10.2 Å². The van der Waals surface area contributed by atoms with Gasteiger partial charge < -0.3 is 0 Å².